The summed E-state index contributed by atoms with van der Waals surface area (Å²) in [5.74, 6) is -3.80. The number of hydrogen-bond acceptors (Lipinski definition) is 11. The number of amides is 1. The molecule has 2 aliphatic carbocycles. The van der Waals surface area contributed by atoms with Gasteiger partial charge in [0.15, 0.2) is 11.4 Å². The van der Waals surface area contributed by atoms with Crippen molar-refractivity contribution < 1.29 is 153 Å². The predicted octanol–water partition coefficient (Wildman–Crippen LogP) is -6.01. The van der Waals surface area contributed by atoms with Crippen molar-refractivity contribution in [3.63, 3.8) is 0 Å². The van der Waals surface area contributed by atoms with Crippen LogP contribution >= 0.6 is 0 Å². The van der Waals surface area contributed by atoms with Gasteiger partial charge in [0, 0.05) is 10.5 Å². The molecule has 0 saturated heterocycles. The number of hydrazone groups is 1. The molecular weight excluding hydrogens is 667 g/mol. The van der Waals surface area contributed by atoms with E-state index < -0.39 is 77.6 Å². The van der Waals surface area contributed by atoms with Gasteiger partial charge in [-0.2, -0.15) is 5.10 Å². The topological polar surface area (TPSA) is 259 Å². The van der Waals surface area contributed by atoms with Crippen LogP contribution in [0.5, 0.6) is 0 Å². The minimum atomic E-state index is -4.50. The van der Waals surface area contributed by atoms with Crippen molar-refractivity contribution in [2.45, 2.75) is 74.0 Å². The number of carbonyl (C=O) groups is 3. The van der Waals surface area contributed by atoms with Crippen LogP contribution in [0.25, 0.3) is 6.08 Å². The second-order valence-electron chi connectivity index (χ2n) is 10.1. The van der Waals surface area contributed by atoms with Crippen LogP contribution in [0.15, 0.2) is 27.6 Å². The van der Waals surface area contributed by atoms with Crippen molar-refractivity contribution in [3.8, 4) is 0 Å². The molecule has 0 radical (unpaired) electrons. The molecule has 43 heavy (non-hydrogen) atoms. The average molecular weight is 693 g/mol. The summed E-state index contributed by atoms with van der Waals surface area (Å²) in [5, 5.41) is 24.3. The second kappa shape index (κ2) is 15.5. The predicted molar refractivity (Wildman–Crippen MR) is 138 cm³/mol. The summed E-state index contributed by atoms with van der Waals surface area (Å²) in [6.07, 6.45) is 3.78. The Labute approximate surface area is 331 Å². The first-order chi connectivity index (χ1) is 19.1. The van der Waals surface area contributed by atoms with E-state index in [1.807, 2.05) is 0 Å². The van der Waals surface area contributed by atoms with Crippen LogP contribution in [0.1, 0.15) is 73.5 Å². The van der Waals surface area contributed by atoms with E-state index in [1.165, 1.54) is 0 Å². The van der Waals surface area contributed by atoms with Gasteiger partial charge in [0.05, 0.1) is 43.5 Å². The number of aromatic amines is 1. The Bertz CT molecular complexity index is 1630. The van der Waals surface area contributed by atoms with Crippen LogP contribution < -0.4 is 108 Å². The molecule has 20 heteroatoms. The third-order valence-corrected chi connectivity index (χ3v) is 10.2. The fraction of sp³-hybridized carbons (Fsp3) is 0.522. The van der Waals surface area contributed by atoms with Gasteiger partial charge in [-0.25, -0.2) is 36.1 Å². The number of carboxylic acids is 2. The first-order valence-corrected chi connectivity index (χ1v) is 15.5. The van der Waals surface area contributed by atoms with E-state index in [9.17, 15) is 55.3 Å². The third kappa shape index (κ3) is 8.93. The summed E-state index contributed by atoms with van der Waals surface area (Å²) in [5.41, 5.74) is -2.49. The largest absolute Gasteiger partial charge is 1.00 e. The molecule has 1 aromatic rings. The maximum atomic E-state index is 13.0. The molecule has 2 fully saturated rings. The van der Waals surface area contributed by atoms with Crippen molar-refractivity contribution in [2.24, 2.45) is 5.10 Å². The number of rotatable bonds is 8. The Morgan fingerprint density at radius 2 is 1.33 bits per heavy atom. The van der Waals surface area contributed by atoms with Crippen molar-refractivity contribution in [1.29, 1.82) is 0 Å². The number of hydrogen-bond donors (Lipinski definition) is 3. The van der Waals surface area contributed by atoms with Crippen LogP contribution in [-0.4, -0.2) is 91.0 Å². The molecule has 2 heterocycles. The first-order valence-electron chi connectivity index (χ1n) is 12.6. The van der Waals surface area contributed by atoms with Crippen LogP contribution in [-0.2, 0) is 29.8 Å². The molecule has 1 aliphatic heterocycles. The molecule has 1 aromatic heterocycles. The molecule has 0 spiro atoms. The average Bonchev–Trinajstić information content (AvgIpc) is 3.40. The van der Waals surface area contributed by atoms with Gasteiger partial charge in [-0.3, -0.25) is 14.7 Å². The molecule has 2 saturated carbocycles. The molecule has 0 atom stereocenters. The summed E-state index contributed by atoms with van der Waals surface area (Å²) < 4.78 is 68.8. The summed E-state index contributed by atoms with van der Waals surface area (Å²) >= 11 is 0. The molecule has 16 nitrogen and oxygen atoms in total. The minimum Gasteiger partial charge on any atom is -0.748 e. The van der Waals surface area contributed by atoms with E-state index in [0.29, 0.717) is 0 Å². The number of nitrogens with zero attached hydrogens (tertiary/aromatic N) is 3. The number of carboxylic acid groups (broad SMARTS) is 2. The number of allylic oxidation sites excluding steroid dienone is 2. The Hall–Kier alpha value is -0.337. The van der Waals surface area contributed by atoms with Crippen LogP contribution in [0.3, 0.4) is 0 Å². The molecule has 0 bridgehead atoms. The normalized spacial score (nSPS) is 25.7. The maximum Gasteiger partial charge on any atom is 1.00 e. The zero-order valence-corrected chi connectivity index (χ0v) is 31.2. The summed E-state index contributed by atoms with van der Waals surface area (Å²) in [4.78, 5) is 49.7. The van der Waals surface area contributed by atoms with Crippen LogP contribution in [0, 0.1) is 0 Å². The van der Waals surface area contributed by atoms with Crippen molar-refractivity contribution >= 4 is 49.9 Å². The molecule has 0 unspecified atom stereocenters. The maximum absolute atomic E-state index is 13.0. The fourth-order valence-electron chi connectivity index (χ4n) is 5.44. The monoisotopic (exact) mass is 692 g/mol. The van der Waals surface area contributed by atoms with Crippen molar-refractivity contribution in [1.82, 2.24) is 14.8 Å². The van der Waals surface area contributed by atoms with Gasteiger partial charge in [-0.15, -0.1) is 0 Å². The Balaban J connectivity index is 0.00000323. The minimum absolute atomic E-state index is 0. The molecule has 1 amide bonds. The Kier molecular flexibility index (Phi) is 14.0. The summed E-state index contributed by atoms with van der Waals surface area (Å²) in [6.45, 7) is 0. The van der Waals surface area contributed by atoms with Crippen LogP contribution in [0.4, 0.5) is 0 Å². The number of aromatic carboxylic acids is 1. The zero-order chi connectivity index (χ0) is 30.3. The van der Waals surface area contributed by atoms with Gasteiger partial charge in [-0.05, 0) is 63.5 Å². The Morgan fingerprint density at radius 1 is 0.837 bits per heavy atom. The number of aromatic nitrogens is 2. The SMILES string of the molecule is O=C(O)C1=NN(C2CCC(S(=O)(=O)[O-])CC2)C(=O)/C1=C\C=Cc1c(C(=O)O)[nH]n(C2CCC(S(=O)(=O)[O-])CC2)c1=O.[K+].[K+]. The first kappa shape index (κ1) is 38.8. The molecule has 224 valence electrons. The number of H-pyrrole nitrogens is 1. The van der Waals surface area contributed by atoms with E-state index >= 15 is 0 Å². The Morgan fingerprint density at radius 3 is 1.77 bits per heavy atom. The number of carbonyl (C=O) groups excluding carboxylic acids is 1. The van der Waals surface area contributed by atoms with Gasteiger partial charge in [0.25, 0.3) is 11.5 Å². The number of nitrogens with one attached hydrogen (secondary N) is 1. The third-order valence-electron chi connectivity index (χ3n) is 7.61. The van der Waals surface area contributed by atoms with Gasteiger partial charge in [0.2, 0.25) is 0 Å². The van der Waals surface area contributed by atoms with Gasteiger partial charge in [-0.1, -0.05) is 6.08 Å². The molecule has 3 aliphatic rings. The van der Waals surface area contributed by atoms with E-state index in [4.69, 9.17) is 0 Å². The number of aliphatic carboxylic acids is 1. The second-order valence-corrected chi connectivity index (χ2v) is 13.4. The summed E-state index contributed by atoms with van der Waals surface area (Å²) in [6, 6.07) is -1.21. The van der Waals surface area contributed by atoms with Gasteiger partial charge >= 0.3 is 115 Å². The van der Waals surface area contributed by atoms with Crippen LogP contribution in [0.2, 0.25) is 0 Å². The zero-order valence-electron chi connectivity index (χ0n) is 23.3. The van der Waals surface area contributed by atoms with Gasteiger partial charge < -0.3 is 19.3 Å². The van der Waals surface area contributed by atoms with E-state index in [1.54, 1.807) is 0 Å². The van der Waals surface area contributed by atoms with Crippen molar-refractivity contribution in [3.05, 3.63) is 39.3 Å². The molecule has 0 aromatic carbocycles. The molecular formula is C23H26K2N4O12S2. The fourth-order valence-corrected chi connectivity index (χ4v) is 7.14. The van der Waals surface area contributed by atoms with Gasteiger partial charge in [0.1, 0.15) is 0 Å². The smallest absolute Gasteiger partial charge is 0.748 e. The standard InChI is InChI=1S/C23H28N4O12S2.2K/c28-20-16(18(22(30)31)24-26(20)12-4-8-14(9-5-12)40(34,35)36)2-1-3-17-19(23(32)33)25-27(21(17)29)13-6-10-15(11-7-13)41(37,38)39;;/h1-3,12-15,24H,4-11H2,(H,30,31)(H,32,33)(H,34,35,36)(H,37,38,39);;/q;2*+1/p-2/b2-1?,17-3-;;. The van der Waals surface area contributed by atoms with E-state index in [2.05, 4.69) is 10.2 Å². The molecule has 4 rings (SSSR count). The van der Waals surface area contributed by atoms with Crippen molar-refractivity contribution in [2.75, 3.05) is 0 Å². The van der Waals surface area contributed by atoms with E-state index in [-0.39, 0.29) is 165 Å². The summed E-state index contributed by atoms with van der Waals surface area (Å²) in [7, 11) is -8.99. The quantitative estimate of drug-likeness (QED) is 0.131. The van der Waals surface area contributed by atoms with E-state index in [0.717, 1.165) is 27.9 Å². The molecule has 3 N–H and O–H groups in total.